The van der Waals surface area contributed by atoms with Crippen LogP contribution in [-0.2, 0) is 0 Å². The number of amides is 1. The first-order chi connectivity index (χ1) is 9.76. The van der Waals surface area contributed by atoms with Gasteiger partial charge in [0.1, 0.15) is 5.69 Å². The highest BCUT2D eigenvalue weighted by atomic mass is 32.1. The van der Waals surface area contributed by atoms with Crippen LogP contribution in [0.2, 0.25) is 0 Å². The molecule has 0 unspecified atom stereocenters. The minimum Gasteiger partial charge on any atom is -0.337 e. The Balaban J connectivity index is 1.41. The molecule has 4 nitrogen and oxygen atoms in total. The van der Waals surface area contributed by atoms with Crippen molar-refractivity contribution < 1.29 is 4.79 Å². The first-order valence-corrected chi connectivity index (χ1v) is 8.59. The molecule has 4 rings (SSSR count). The molecule has 3 heterocycles. The summed E-state index contributed by atoms with van der Waals surface area (Å²) in [5.41, 5.74) is 1.15. The Morgan fingerprint density at radius 1 is 1.35 bits per heavy atom. The van der Waals surface area contributed by atoms with E-state index in [1.54, 1.807) is 11.3 Å². The number of hydrogen-bond donors (Lipinski definition) is 1. The number of aromatic nitrogens is 1. The van der Waals surface area contributed by atoms with Crippen molar-refractivity contribution in [3.8, 4) is 0 Å². The molecule has 1 saturated carbocycles. The van der Waals surface area contributed by atoms with Gasteiger partial charge in [-0.15, -0.1) is 11.3 Å². The number of carbonyl (C=O) groups is 1. The van der Waals surface area contributed by atoms with Crippen LogP contribution in [-0.4, -0.2) is 42.0 Å². The van der Waals surface area contributed by atoms with Crippen LogP contribution in [0.3, 0.4) is 0 Å². The lowest BCUT2D eigenvalue weighted by atomic mass is 9.78. The molecular weight excluding hydrogens is 270 g/mol. The van der Waals surface area contributed by atoms with E-state index in [-0.39, 0.29) is 5.91 Å². The van der Waals surface area contributed by atoms with Gasteiger partial charge >= 0.3 is 0 Å². The maximum Gasteiger partial charge on any atom is 0.273 e. The fourth-order valence-corrected chi connectivity index (χ4v) is 4.44. The van der Waals surface area contributed by atoms with Gasteiger partial charge < -0.3 is 10.2 Å². The predicted molar refractivity (Wildman–Crippen MR) is 79.1 cm³/mol. The van der Waals surface area contributed by atoms with Gasteiger partial charge in [0.15, 0.2) is 0 Å². The smallest absolute Gasteiger partial charge is 0.273 e. The molecule has 1 aromatic heterocycles. The highest BCUT2D eigenvalue weighted by Crippen LogP contribution is 2.42. The highest BCUT2D eigenvalue weighted by molar-refractivity contribution is 7.10. The second-order valence-corrected chi connectivity index (χ2v) is 7.45. The van der Waals surface area contributed by atoms with E-state index in [2.05, 4.69) is 10.3 Å². The molecule has 108 valence electrons. The van der Waals surface area contributed by atoms with Gasteiger partial charge in [-0.3, -0.25) is 4.79 Å². The van der Waals surface area contributed by atoms with Gasteiger partial charge in [0.2, 0.25) is 0 Å². The van der Waals surface area contributed by atoms with Crippen LogP contribution in [0.5, 0.6) is 0 Å². The monoisotopic (exact) mass is 291 g/mol. The number of rotatable bonds is 2. The summed E-state index contributed by atoms with van der Waals surface area (Å²) in [4.78, 5) is 19.1. The van der Waals surface area contributed by atoms with Crippen LogP contribution in [0.1, 0.15) is 53.5 Å². The van der Waals surface area contributed by atoms with E-state index in [1.165, 1.54) is 24.3 Å². The molecule has 3 fully saturated rings. The molecule has 2 saturated heterocycles. The fraction of sp³-hybridized carbons (Fsp3) is 0.733. The Morgan fingerprint density at radius 3 is 2.80 bits per heavy atom. The van der Waals surface area contributed by atoms with Gasteiger partial charge in [0, 0.05) is 30.9 Å². The lowest BCUT2D eigenvalue weighted by Gasteiger charge is -2.38. The van der Waals surface area contributed by atoms with Crippen molar-refractivity contribution in [1.29, 1.82) is 0 Å². The lowest BCUT2D eigenvalue weighted by Crippen LogP contribution is -2.44. The maximum atomic E-state index is 12.5. The van der Waals surface area contributed by atoms with Crippen molar-refractivity contribution in [2.45, 2.75) is 38.0 Å². The minimum absolute atomic E-state index is 0.147. The summed E-state index contributed by atoms with van der Waals surface area (Å²) >= 11 is 1.66. The number of thiazole rings is 1. The topological polar surface area (TPSA) is 45.2 Å². The van der Waals surface area contributed by atoms with Crippen LogP contribution >= 0.6 is 11.3 Å². The average molecular weight is 291 g/mol. The van der Waals surface area contributed by atoms with Gasteiger partial charge in [-0.2, -0.15) is 0 Å². The number of nitrogens with zero attached hydrogens (tertiary/aromatic N) is 2. The molecule has 1 spiro atoms. The van der Waals surface area contributed by atoms with Crippen LogP contribution < -0.4 is 5.32 Å². The molecule has 0 radical (unpaired) electrons. The summed E-state index contributed by atoms with van der Waals surface area (Å²) in [7, 11) is 0. The number of likely N-dealkylation sites (tertiary alicyclic amines) is 1. The second kappa shape index (κ2) is 4.81. The third kappa shape index (κ3) is 2.27. The van der Waals surface area contributed by atoms with E-state index >= 15 is 0 Å². The molecule has 1 aromatic rings. The van der Waals surface area contributed by atoms with Crippen LogP contribution in [0, 0.1) is 5.41 Å². The zero-order valence-corrected chi connectivity index (χ0v) is 12.5. The third-order valence-electron chi connectivity index (χ3n) is 5.11. The van der Waals surface area contributed by atoms with Crippen molar-refractivity contribution in [3.63, 3.8) is 0 Å². The van der Waals surface area contributed by atoms with Gasteiger partial charge in [0.25, 0.3) is 5.91 Å². The molecule has 20 heavy (non-hydrogen) atoms. The van der Waals surface area contributed by atoms with Crippen molar-refractivity contribution >= 4 is 17.2 Å². The molecular formula is C15H21N3OS. The highest BCUT2D eigenvalue weighted by Gasteiger charge is 2.38. The number of carbonyl (C=O) groups excluding carboxylic acids is 1. The molecule has 3 aliphatic rings. The summed E-state index contributed by atoms with van der Waals surface area (Å²) < 4.78 is 0. The zero-order chi connectivity index (χ0) is 13.6. The SMILES string of the molecule is O=C(c1csc(C2CC2)n1)N1CCC2(CCNC2)CC1. The standard InChI is InChI=1S/C15H21N3OS/c19-14(12-9-20-13(17-12)11-1-2-11)18-7-4-15(5-8-18)3-6-16-10-15/h9,11,16H,1-8,10H2. The molecule has 1 amide bonds. The van der Waals surface area contributed by atoms with Gasteiger partial charge in [0.05, 0.1) is 5.01 Å². The van der Waals surface area contributed by atoms with Crippen molar-refractivity contribution in [2.24, 2.45) is 5.41 Å². The van der Waals surface area contributed by atoms with Gasteiger partial charge in [-0.05, 0) is 44.1 Å². The normalized spacial score (nSPS) is 25.3. The van der Waals surface area contributed by atoms with Gasteiger partial charge in [-0.1, -0.05) is 0 Å². The lowest BCUT2D eigenvalue weighted by molar-refractivity contribution is 0.0602. The zero-order valence-electron chi connectivity index (χ0n) is 11.7. The molecule has 0 atom stereocenters. The Hall–Kier alpha value is -0.940. The summed E-state index contributed by atoms with van der Waals surface area (Å²) in [5.74, 6) is 0.796. The van der Waals surface area contributed by atoms with E-state index in [1.807, 2.05) is 10.3 Å². The quantitative estimate of drug-likeness (QED) is 0.909. The second-order valence-electron chi connectivity index (χ2n) is 6.56. The molecule has 2 aliphatic heterocycles. The predicted octanol–water partition coefficient (Wildman–Crippen LogP) is 2.24. The van der Waals surface area contributed by atoms with Crippen molar-refractivity contribution in [1.82, 2.24) is 15.2 Å². The molecule has 5 heteroatoms. The third-order valence-corrected chi connectivity index (χ3v) is 6.12. The molecule has 0 bridgehead atoms. The van der Waals surface area contributed by atoms with Crippen LogP contribution in [0.15, 0.2) is 5.38 Å². The van der Waals surface area contributed by atoms with Crippen LogP contribution in [0.25, 0.3) is 0 Å². The number of hydrogen-bond acceptors (Lipinski definition) is 4. The summed E-state index contributed by atoms with van der Waals surface area (Å²) in [5, 5.41) is 6.59. The van der Waals surface area contributed by atoms with E-state index in [4.69, 9.17) is 0 Å². The fourth-order valence-electron chi connectivity index (χ4n) is 3.47. The largest absolute Gasteiger partial charge is 0.337 e. The Morgan fingerprint density at radius 2 is 2.15 bits per heavy atom. The average Bonchev–Trinajstić information content (AvgIpc) is 3.04. The van der Waals surface area contributed by atoms with Crippen LogP contribution in [0.4, 0.5) is 0 Å². The Labute approximate surface area is 123 Å². The summed E-state index contributed by atoms with van der Waals surface area (Å²) in [6.07, 6.45) is 6.06. The van der Waals surface area contributed by atoms with E-state index in [9.17, 15) is 4.79 Å². The molecule has 0 aromatic carbocycles. The molecule has 1 aliphatic carbocycles. The first kappa shape index (κ1) is 12.8. The minimum atomic E-state index is 0.147. The summed E-state index contributed by atoms with van der Waals surface area (Å²) in [6.45, 7) is 4.08. The summed E-state index contributed by atoms with van der Waals surface area (Å²) in [6, 6.07) is 0. The van der Waals surface area contributed by atoms with Gasteiger partial charge in [-0.25, -0.2) is 4.98 Å². The van der Waals surface area contributed by atoms with Crippen molar-refractivity contribution in [2.75, 3.05) is 26.2 Å². The molecule has 1 N–H and O–H groups in total. The first-order valence-electron chi connectivity index (χ1n) is 7.71. The number of nitrogens with one attached hydrogen (secondary N) is 1. The number of piperidine rings is 1. The van der Waals surface area contributed by atoms with E-state index in [0.29, 0.717) is 17.0 Å². The Bertz CT molecular complexity index is 507. The maximum absolute atomic E-state index is 12.5. The Kier molecular flexibility index (Phi) is 3.07. The van der Waals surface area contributed by atoms with E-state index < -0.39 is 0 Å². The van der Waals surface area contributed by atoms with Crippen molar-refractivity contribution in [3.05, 3.63) is 16.1 Å². The van der Waals surface area contributed by atoms with E-state index in [0.717, 1.165) is 39.0 Å².